The van der Waals surface area contributed by atoms with Gasteiger partial charge in [-0.25, -0.2) is 8.78 Å². The van der Waals surface area contributed by atoms with E-state index in [0.717, 1.165) is 12.1 Å². The van der Waals surface area contributed by atoms with Gasteiger partial charge in [0.05, 0.1) is 12.7 Å². The number of carbonyl (C=O) groups excluding carboxylic acids is 1. The molecule has 4 nitrogen and oxygen atoms in total. The van der Waals surface area contributed by atoms with E-state index in [1.807, 2.05) is 6.92 Å². The molecule has 1 aromatic carbocycles. The van der Waals surface area contributed by atoms with Crippen molar-refractivity contribution in [2.24, 2.45) is 0 Å². The molecule has 1 aliphatic heterocycles. The average molecular weight is 270 g/mol. The summed E-state index contributed by atoms with van der Waals surface area (Å²) in [7, 11) is 0. The Labute approximate surface area is 110 Å². The van der Waals surface area contributed by atoms with Crippen molar-refractivity contribution in [3.8, 4) is 0 Å². The maximum absolute atomic E-state index is 13.0. The van der Waals surface area contributed by atoms with Gasteiger partial charge >= 0.3 is 0 Å². The maximum atomic E-state index is 13.0. The van der Waals surface area contributed by atoms with Crippen LogP contribution < -0.4 is 10.6 Å². The van der Waals surface area contributed by atoms with Crippen molar-refractivity contribution in [3.05, 3.63) is 35.4 Å². The topological polar surface area (TPSA) is 50.4 Å². The van der Waals surface area contributed by atoms with Gasteiger partial charge < -0.3 is 15.4 Å². The summed E-state index contributed by atoms with van der Waals surface area (Å²) in [5, 5.41) is 5.73. The van der Waals surface area contributed by atoms with Crippen LogP contribution in [0.15, 0.2) is 18.2 Å². The van der Waals surface area contributed by atoms with Crippen LogP contribution in [0.25, 0.3) is 0 Å². The third kappa shape index (κ3) is 3.48. The van der Waals surface area contributed by atoms with Gasteiger partial charge in [0.1, 0.15) is 6.04 Å². The third-order valence-electron chi connectivity index (χ3n) is 3.05. The number of halogens is 2. The molecule has 2 N–H and O–H groups in total. The standard InChI is InChI=1S/C13H16F2N2O2/c1-8-12(16-4-5-19-8)13(18)17-7-9-2-3-10(14)11(15)6-9/h2-3,6,8,12,16H,4-5,7H2,1H3,(H,17,18)/t8-,12+/m1/s1. The molecule has 1 saturated heterocycles. The van der Waals surface area contributed by atoms with E-state index < -0.39 is 17.7 Å². The average Bonchev–Trinajstić information content (AvgIpc) is 2.40. The second-order valence-corrected chi connectivity index (χ2v) is 4.47. The molecule has 2 rings (SSSR count). The Hall–Kier alpha value is -1.53. The van der Waals surface area contributed by atoms with Crippen LogP contribution in [-0.2, 0) is 16.1 Å². The number of ether oxygens (including phenoxy) is 1. The molecule has 1 aromatic rings. The largest absolute Gasteiger partial charge is 0.375 e. The molecular weight excluding hydrogens is 254 g/mol. The highest BCUT2D eigenvalue weighted by Gasteiger charge is 2.27. The first kappa shape index (κ1) is 13.9. The highest BCUT2D eigenvalue weighted by Crippen LogP contribution is 2.09. The van der Waals surface area contributed by atoms with Gasteiger partial charge in [0.25, 0.3) is 0 Å². The molecular formula is C13H16F2N2O2. The summed E-state index contributed by atoms with van der Waals surface area (Å²) in [6, 6.07) is 3.14. The summed E-state index contributed by atoms with van der Waals surface area (Å²) in [5.41, 5.74) is 0.511. The molecule has 6 heteroatoms. The van der Waals surface area contributed by atoms with Gasteiger partial charge in [-0.05, 0) is 24.6 Å². The lowest BCUT2D eigenvalue weighted by atomic mass is 10.1. The number of morpholine rings is 1. The van der Waals surface area contributed by atoms with Crippen molar-refractivity contribution >= 4 is 5.91 Å². The van der Waals surface area contributed by atoms with Crippen molar-refractivity contribution in [3.63, 3.8) is 0 Å². The minimum Gasteiger partial charge on any atom is -0.375 e. The van der Waals surface area contributed by atoms with Gasteiger partial charge in [0, 0.05) is 13.1 Å². The lowest BCUT2D eigenvalue weighted by Crippen LogP contribution is -2.55. The summed E-state index contributed by atoms with van der Waals surface area (Å²) in [5.74, 6) is -2.03. The number of hydrogen-bond acceptors (Lipinski definition) is 3. The van der Waals surface area contributed by atoms with Crippen LogP contribution in [0, 0.1) is 11.6 Å². The van der Waals surface area contributed by atoms with Crippen molar-refractivity contribution < 1.29 is 18.3 Å². The third-order valence-corrected chi connectivity index (χ3v) is 3.05. The number of hydrogen-bond donors (Lipinski definition) is 2. The van der Waals surface area contributed by atoms with Crippen LogP contribution in [0.2, 0.25) is 0 Å². The van der Waals surface area contributed by atoms with Crippen LogP contribution in [0.3, 0.4) is 0 Å². The molecule has 0 spiro atoms. The zero-order chi connectivity index (χ0) is 13.8. The van der Waals surface area contributed by atoms with E-state index >= 15 is 0 Å². The molecule has 0 aromatic heterocycles. The van der Waals surface area contributed by atoms with Gasteiger partial charge in [-0.3, -0.25) is 4.79 Å². The fourth-order valence-corrected chi connectivity index (χ4v) is 1.98. The summed E-state index contributed by atoms with van der Waals surface area (Å²) in [6.45, 7) is 3.16. The van der Waals surface area contributed by atoms with Gasteiger partial charge in [-0.1, -0.05) is 6.07 Å². The number of rotatable bonds is 3. The Morgan fingerprint density at radius 2 is 2.26 bits per heavy atom. The lowest BCUT2D eigenvalue weighted by molar-refractivity contribution is -0.129. The zero-order valence-corrected chi connectivity index (χ0v) is 10.6. The Morgan fingerprint density at radius 3 is 2.95 bits per heavy atom. The molecule has 0 saturated carbocycles. The van der Waals surface area contributed by atoms with E-state index in [-0.39, 0.29) is 18.6 Å². The van der Waals surface area contributed by atoms with Crippen LogP contribution in [0.1, 0.15) is 12.5 Å². The number of nitrogens with one attached hydrogen (secondary N) is 2. The second-order valence-electron chi connectivity index (χ2n) is 4.47. The normalized spacial score (nSPS) is 23.1. The molecule has 0 radical (unpaired) electrons. The Morgan fingerprint density at radius 1 is 1.47 bits per heavy atom. The Bertz CT molecular complexity index is 468. The van der Waals surface area contributed by atoms with Crippen molar-refractivity contribution in [1.29, 1.82) is 0 Å². The minimum atomic E-state index is -0.917. The van der Waals surface area contributed by atoms with E-state index in [1.54, 1.807) is 0 Å². The van der Waals surface area contributed by atoms with E-state index in [0.29, 0.717) is 18.7 Å². The van der Waals surface area contributed by atoms with Crippen LogP contribution in [0.4, 0.5) is 8.78 Å². The number of amides is 1. The van der Waals surface area contributed by atoms with Crippen LogP contribution in [-0.4, -0.2) is 31.2 Å². The van der Waals surface area contributed by atoms with E-state index in [9.17, 15) is 13.6 Å². The van der Waals surface area contributed by atoms with Crippen molar-refractivity contribution in [1.82, 2.24) is 10.6 Å². The van der Waals surface area contributed by atoms with Gasteiger partial charge in [-0.15, -0.1) is 0 Å². The summed E-state index contributed by atoms with van der Waals surface area (Å²) < 4.78 is 31.1. The molecule has 1 fully saturated rings. The highest BCUT2D eigenvalue weighted by molar-refractivity contribution is 5.82. The molecule has 0 aliphatic carbocycles. The molecule has 0 bridgehead atoms. The Kier molecular flexibility index (Phi) is 4.44. The molecule has 2 atom stereocenters. The lowest BCUT2D eigenvalue weighted by Gasteiger charge is -2.29. The summed E-state index contributed by atoms with van der Waals surface area (Å²) >= 11 is 0. The van der Waals surface area contributed by atoms with Crippen LogP contribution in [0.5, 0.6) is 0 Å². The minimum absolute atomic E-state index is 0.154. The van der Waals surface area contributed by atoms with E-state index in [1.165, 1.54) is 6.07 Å². The van der Waals surface area contributed by atoms with Gasteiger partial charge in [0.15, 0.2) is 11.6 Å². The van der Waals surface area contributed by atoms with Crippen molar-refractivity contribution in [2.75, 3.05) is 13.2 Å². The monoisotopic (exact) mass is 270 g/mol. The zero-order valence-electron chi connectivity index (χ0n) is 10.6. The van der Waals surface area contributed by atoms with E-state index in [2.05, 4.69) is 10.6 Å². The molecule has 1 heterocycles. The molecule has 1 aliphatic rings. The first-order valence-electron chi connectivity index (χ1n) is 6.14. The van der Waals surface area contributed by atoms with Crippen molar-refractivity contribution in [2.45, 2.75) is 25.6 Å². The molecule has 19 heavy (non-hydrogen) atoms. The first-order valence-corrected chi connectivity index (χ1v) is 6.14. The van der Waals surface area contributed by atoms with Gasteiger partial charge in [0.2, 0.25) is 5.91 Å². The Balaban J connectivity index is 1.90. The fraction of sp³-hybridized carbons (Fsp3) is 0.462. The fourth-order valence-electron chi connectivity index (χ4n) is 1.98. The second kappa shape index (κ2) is 6.08. The molecule has 104 valence electrons. The van der Waals surface area contributed by atoms with Crippen LogP contribution >= 0.6 is 0 Å². The predicted molar refractivity (Wildman–Crippen MR) is 65.4 cm³/mol. The summed E-state index contributed by atoms with van der Waals surface area (Å²) in [6.07, 6.45) is -0.210. The summed E-state index contributed by atoms with van der Waals surface area (Å²) in [4.78, 5) is 11.9. The highest BCUT2D eigenvalue weighted by atomic mass is 19.2. The SMILES string of the molecule is C[C@H]1OCCN[C@@H]1C(=O)NCc1ccc(F)c(F)c1. The number of carbonyl (C=O) groups is 1. The van der Waals surface area contributed by atoms with Gasteiger partial charge in [-0.2, -0.15) is 0 Å². The molecule has 0 unspecified atom stereocenters. The maximum Gasteiger partial charge on any atom is 0.240 e. The first-order chi connectivity index (χ1) is 9.08. The van der Waals surface area contributed by atoms with E-state index in [4.69, 9.17) is 4.74 Å². The number of benzene rings is 1. The smallest absolute Gasteiger partial charge is 0.240 e. The predicted octanol–water partition coefficient (Wildman–Crippen LogP) is 0.958. The quantitative estimate of drug-likeness (QED) is 0.860. The molecule has 1 amide bonds.